The van der Waals surface area contributed by atoms with Gasteiger partial charge < -0.3 is 4.74 Å². The van der Waals surface area contributed by atoms with E-state index in [1.54, 1.807) is 0 Å². The van der Waals surface area contributed by atoms with E-state index in [4.69, 9.17) is 11.2 Å². The molecule has 0 aliphatic rings. The molecule has 0 aromatic rings. The van der Waals surface area contributed by atoms with Crippen LogP contribution in [0, 0.1) is 19.3 Å². The molecular weight excluding hydrogens is 88.1 g/mol. The SMILES string of the molecule is C#CC(C)OC[CH2]. The molecule has 0 bridgehead atoms. The van der Waals surface area contributed by atoms with Gasteiger partial charge in [0, 0.05) is 6.61 Å². The Morgan fingerprint density at radius 1 is 2.00 bits per heavy atom. The Bertz CT molecular complexity index is 70.7. The molecule has 0 aliphatic carbocycles. The third kappa shape index (κ3) is 3.35. The summed E-state index contributed by atoms with van der Waals surface area (Å²) in [5.74, 6) is 2.40. The van der Waals surface area contributed by atoms with E-state index in [1.807, 2.05) is 6.92 Å². The predicted octanol–water partition coefficient (Wildman–Crippen LogP) is 0.859. The quantitative estimate of drug-likeness (QED) is 0.464. The van der Waals surface area contributed by atoms with Crippen molar-refractivity contribution in [3.05, 3.63) is 6.92 Å². The van der Waals surface area contributed by atoms with Crippen LogP contribution in [0.1, 0.15) is 6.92 Å². The zero-order valence-corrected chi connectivity index (χ0v) is 4.48. The Labute approximate surface area is 44.7 Å². The smallest absolute Gasteiger partial charge is 0.115 e. The summed E-state index contributed by atoms with van der Waals surface area (Å²) < 4.78 is 4.84. The third-order valence-corrected chi connectivity index (χ3v) is 0.603. The lowest BCUT2D eigenvalue weighted by Gasteiger charge is -1.99. The minimum atomic E-state index is -0.0856. The van der Waals surface area contributed by atoms with Crippen molar-refractivity contribution in [3.63, 3.8) is 0 Å². The first-order valence-electron chi connectivity index (χ1n) is 2.18. The molecule has 0 heterocycles. The summed E-state index contributed by atoms with van der Waals surface area (Å²) in [5.41, 5.74) is 0. The summed E-state index contributed by atoms with van der Waals surface area (Å²) in [4.78, 5) is 0. The molecule has 0 fully saturated rings. The summed E-state index contributed by atoms with van der Waals surface area (Å²) >= 11 is 0. The van der Waals surface area contributed by atoms with Crippen molar-refractivity contribution >= 4 is 0 Å². The molecular formula is C6H9O. The Hall–Kier alpha value is -0.480. The zero-order valence-electron chi connectivity index (χ0n) is 4.48. The molecule has 39 valence electrons. The number of terminal acetylenes is 1. The lowest BCUT2D eigenvalue weighted by molar-refractivity contribution is 0.128. The van der Waals surface area contributed by atoms with Crippen LogP contribution in [0.3, 0.4) is 0 Å². The zero-order chi connectivity index (χ0) is 5.70. The summed E-state index contributed by atoms with van der Waals surface area (Å²) in [6.07, 6.45) is 4.87. The van der Waals surface area contributed by atoms with Gasteiger partial charge in [-0.2, -0.15) is 0 Å². The van der Waals surface area contributed by atoms with Gasteiger partial charge >= 0.3 is 0 Å². The van der Waals surface area contributed by atoms with Gasteiger partial charge in [-0.15, -0.1) is 6.42 Å². The van der Waals surface area contributed by atoms with Crippen molar-refractivity contribution in [2.45, 2.75) is 13.0 Å². The van der Waals surface area contributed by atoms with E-state index in [-0.39, 0.29) is 6.10 Å². The minimum absolute atomic E-state index is 0.0856. The average Bonchev–Trinajstić information content (AvgIpc) is 1.68. The fourth-order valence-electron chi connectivity index (χ4n) is 0.225. The normalized spacial score (nSPS) is 12.7. The van der Waals surface area contributed by atoms with Crippen molar-refractivity contribution in [1.29, 1.82) is 0 Å². The van der Waals surface area contributed by atoms with Gasteiger partial charge in [-0.3, -0.25) is 0 Å². The number of rotatable bonds is 2. The molecule has 0 rings (SSSR count). The first-order valence-corrected chi connectivity index (χ1v) is 2.18. The van der Waals surface area contributed by atoms with E-state index in [1.165, 1.54) is 0 Å². The maximum atomic E-state index is 4.96. The van der Waals surface area contributed by atoms with Gasteiger partial charge in [0.1, 0.15) is 6.10 Å². The van der Waals surface area contributed by atoms with Crippen LogP contribution in [-0.2, 0) is 4.74 Å². The van der Waals surface area contributed by atoms with Crippen LogP contribution in [0.5, 0.6) is 0 Å². The van der Waals surface area contributed by atoms with Gasteiger partial charge in [-0.1, -0.05) is 5.92 Å². The van der Waals surface area contributed by atoms with Crippen molar-refractivity contribution in [3.8, 4) is 12.3 Å². The van der Waals surface area contributed by atoms with E-state index in [9.17, 15) is 0 Å². The second kappa shape index (κ2) is 3.70. The first kappa shape index (κ1) is 6.52. The molecule has 1 atom stereocenters. The molecule has 0 N–H and O–H groups in total. The van der Waals surface area contributed by atoms with Crippen LogP contribution in [0.25, 0.3) is 0 Å². The van der Waals surface area contributed by atoms with Crippen LogP contribution < -0.4 is 0 Å². The predicted molar refractivity (Wildman–Crippen MR) is 29.6 cm³/mol. The van der Waals surface area contributed by atoms with Gasteiger partial charge in [-0.25, -0.2) is 0 Å². The Balaban J connectivity index is 3.04. The number of ether oxygens (including phenoxy) is 1. The van der Waals surface area contributed by atoms with E-state index >= 15 is 0 Å². The molecule has 0 amide bonds. The molecule has 0 spiro atoms. The standard InChI is InChI=1S/C6H9O/c1-4-6(3)7-5-2/h1,6H,2,5H2,3H3. The molecule has 0 aliphatic heterocycles. The lowest BCUT2D eigenvalue weighted by Crippen LogP contribution is -2.02. The van der Waals surface area contributed by atoms with Gasteiger partial charge in [0.05, 0.1) is 0 Å². The van der Waals surface area contributed by atoms with E-state index in [2.05, 4.69) is 12.8 Å². The van der Waals surface area contributed by atoms with Crippen molar-refractivity contribution < 1.29 is 4.74 Å². The lowest BCUT2D eigenvalue weighted by atomic mass is 10.4. The summed E-state index contributed by atoms with van der Waals surface area (Å²) in [7, 11) is 0. The molecule has 1 nitrogen and oxygen atoms in total. The molecule has 1 radical (unpaired) electrons. The Morgan fingerprint density at radius 3 is 2.71 bits per heavy atom. The summed E-state index contributed by atoms with van der Waals surface area (Å²) in [6.45, 7) is 5.72. The Kier molecular flexibility index (Phi) is 3.45. The maximum absolute atomic E-state index is 4.96. The van der Waals surface area contributed by atoms with E-state index < -0.39 is 0 Å². The van der Waals surface area contributed by atoms with Crippen LogP contribution in [-0.4, -0.2) is 12.7 Å². The highest BCUT2D eigenvalue weighted by Gasteiger charge is 1.88. The fraction of sp³-hybridized carbons (Fsp3) is 0.500. The molecule has 0 aromatic heterocycles. The van der Waals surface area contributed by atoms with Crippen molar-refractivity contribution in [2.24, 2.45) is 0 Å². The van der Waals surface area contributed by atoms with Gasteiger partial charge in [0.2, 0.25) is 0 Å². The summed E-state index contributed by atoms with van der Waals surface area (Å²) in [6, 6.07) is 0. The average molecular weight is 97.1 g/mol. The van der Waals surface area contributed by atoms with Crippen LogP contribution in [0.15, 0.2) is 0 Å². The number of hydrogen-bond acceptors (Lipinski definition) is 1. The first-order chi connectivity index (χ1) is 3.31. The highest BCUT2D eigenvalue weighted by molar-refractivity contribution is 4.91. The Morgan fingerprint density at radius 2 is 2.57 bits per heavy atom. The topological polar surface area (TPSA) is 9.23 Å². The van der Waals surface area contributed by atoms with E-state index in [0.29, 0.717) is 6.61 Å². The molecule has 0 saturated carbocycles. The monoisotopic (exact) mass is 97.1 g/mol. The minimum Gasteiger partial charge on any atom is -0.366 e. The van der Waals surface area contributed by atoms with Crippen molar-refractivity contribution in [2.75, 3.05) is 6.61 Å². The van der Waals surface area contributed by atoms with Crippen LogP contribution in [0.2, 0.25) is 0 Å². The number of hydrogen-bond donors (Lipinski definition) is 0. The van der Waals surface area contributed by atoms with Gasteiger partial charge in [0.15, 0.2) is 0 Å². The highest BCUT2D eigenvalue weighted by atomic mass is 16.5. The maximum Gasteiger partial charge on any atom is 0.115 e. The second-order valence-corrected chi connectivity index (χ2v) is 1.18. The van der Waals surface area contributed by atoms with Crippen molar-refractivity contribution in [1.82, 2.24) is 0 Å². The fourth-order valence-corrected chi connectivity index (χ4v) is 0.225. The highest BCUT2D eigenvalue weighted by Crippen LogP contribution is 1.83. The largest absolute Gasteiger partial charge is 0.366 e. The van der Waals surface area contributed by atoms with Gasteiger partial charge in [-0.05, 0) is 13.8 Å². The van der Waals surface area contributed by atoms with Gasteiger partial charge in [0.25, 0.3) is 0 Å². The molecule has 7 heavy (non-hydrogen) atoms. The molecule has 1 unspecified atom stereocenters. The third-order valence-electron chi connectivity index (χ3n) is 0.603. The van der Waals surface area contributed by atoms with E-state index in [0.717, 1.165) is 0 Å². The van der Waals surface area contributed by atoms with Crippen LogP contribution in [0.4, 0.5) is 0 Å². The molecule has 0 saturated heterocycles. The van der Waals surface area contributed by atoms with Crippen LogP contribution >= 0.6 is 0 Å². The molecule has 0 aromatic carbocycles. The molecule has 1 heteroatoms. The summed E-state index contributed by atoms with van der Waals surface area (Å²) in [5, 5.41) is 0. The second-order valence-electron chi connectivity index (χ2n) is 1.18.